The molecule has 0 saturated carbocycles. The van der Waals surface area contributed by atoms with Crippen LogP contribution in [0.4, 0.5) is 11.6 Å². The lowest BCUT2D eigenvalue weighted by molar-refractivity contribution is 0.141. The summed E-state index contributed by atoms with van der Waals surface area (Å²) in [6, 6.07) is 13.7. The zero-order chi connectivity index (χ0) is 21.3. The van der Waals surface area contributed by atoms with Crippen LogP contribution in [0, 0.1) is 0 Å². The van der Waals surface area contributed by atoms with Crippen molar-refractivity contribution in [3.05, 3.63) is 58.6 Å². The highest BCUT2D eigenvalue weighted by Gasteiger charge is 2.27. The molecule has 3 heterocycles. The van der Waals surface area contributed by atoms with Gasteiger partial charge in [-0.3, -0.25) is 0 Å². The highest BCUT2D eigenvalue weighted by Crippen LogP contribution is 2.35. The summed E-state index contributed by atoms with van der Waals surface area (Å²) in [4.78, 5) is 10.8. The maximum Gasteiger partial charge on any atom is 0.273 e. The van der Waals surface area contributed by atoms with Gasteiger partial charge in [0, 0.05) is 24.7 Å². The molecular weight excluding hydrogens is 447 g/mol. The maximum atomic E-state index is 12.8. The van der Waals surface area contributed by atoms with Crippen LogP contribution >= 0.6 is 23.2 Å². The Bertz CT molecular complexity index is 1070. The molecule has 0 amide bonds. The van der Waals surface area contributed by atoms with E-state index in [9.17, 15) is 9.66 Å². The molecule has 1 atom stereocenters. The van der Waals surface area contributed by atoms with Gasteiger partial charge in [0.05, 0.1) is 29.0 Å². The molecule has 3 aromatic rings. The fourth-order valence-electron chi connectivity index (χ4n) is 2.97. The Morgan fingerprint density at radius 3 is 2.63 bits per heavy atom. The van der Waals surface area contributed by atoms with Crippen molar-refractivity contribution in [3.8, 4) is 17.0 Å². The number of nitrogens with one attached hydrogen (secondary N) is 1. The number of benzene rings is 1. The molecule has 156 valence electrons. The first kappa shape index (κ1) is 21.0. The first-order chi connectivity index (χ1) is 14.4. The molecule has 1 aliphatic heterocycles. The summed E-state index contributed by atoms with van der Waals surface area (Å²) in [6.07, 6.45) is -0.348. The van der Waals surface area contributed by atoms with E-state index in [-0.39, 0.29) is 6.10 Å². The third-order valence-corrected chi connectivity index (χ3v) is 6.19. The van der Waals surface area contributed by atoms with Crippen molar-refractivity contribution in [2.24, 2.45) is 0 Å². The fraction of sp³-hybridized carbons (Fsp3) is 0.200. The average molecular weight is 465 g/mol. The summed E-state index contributed by atoms with van der Waals surface area (Å²) < 4.78 is 20.9. The van der Waals surface area contributed by atoms with Crippen LogP contribution < -0.4 is 14.4 Å². The van der Waals surface area contributed by atoms with E-state index in [4.69, 9.17) is 27.9 Å². The van der Waals surface area contributed by atoms with E-state index in [2.05, 4.69) is 14.7 Å². The third kappa shape index (κ3) is 4.43. The molecule has 4 rings (SSSR count). The van der Waals surface area contributed by atoms with E-state index in [1.165, 1.54) is 0 Å². The minimum absolute atomic E-state index is 0.348. The second kappa shape index (κ2) is 8.87. The number of anilines is 2. The van der Waals surface area contributed by atoms with Gasteiger partial charge in [-0.15, -0.1) is 0 Å². The Morgan fingerprint density at radius 2 is 1.90 bits per heavy atom. The lowest BCUT2D eigenvalue weighted by Crippen LogP contribution is -2.51. The second-order valence-corrected chi connectivity index (χ2v) is 8.61. The molecule has 30 heavy (non-hydrogen) atoms. The summed E-state index contributed by atoms with van der Waals surface area (Å²) in [5, 5.41) is 10.7. The van der Waals surface area contributed by atoms with Crippen LogP contribution in [0.3, 0.4) is 0 Å². The summed E-state index contributed by atoms with van der Waals surface area (Å²) in [6.45, 7) is 1.03. The molecule has 10 heteroatoms. The third-order valence-electron chi connectivity index (χ3n) is 4.56. The van der Waals surface area contributed by atoms with Crippen molar-refractivity contribution >= 4 is 46.2 Å². The topological polar surface area (TPSA) is 93.6 Å². The van der Waals surface area contributed by atoms with Crippen LogP contribution in [0.1, 0.15) is 0 Å². The number of rotatable bonds is 6. The van der Waals surface area contributed by atoms with Crippen molar-refractivity contribution in [2.45, 2.75) is 11.1 Å². The number of methoxy groups -OCH3 is 1. The SMILES string of the molecule is COc1ccc(Cl)c(-c2nc(N[S+]([O-])c3cccc(N4CC(O)C4)n3)ccc2Cl)c1. The number of hydrogen-bond acceptors (Lipinski definition) is 7. The Labute approximate surface area is 186 Å². The highest BCUT2D eigenvalue weighted by molar-refractivity contribution is 7.92. The molecule has 0 aliphatic carbocycles. The Morgan fingerprint density at radius 1 is 1.13 bits per heavy atom. The van der Waals surface area contributed by atoms with Crippen LogP contribution in [-0.2, 0) is 11.4 Å². The number of aromatic nitrogens is 2. The number of β-amino-alcohol motifs (C(OH)–C–C–N with tert-alkyl or cyclic N) is 1. The van der Waals surface area contributed by atoms with Crippen LogP contribution in [0.5, 0.6) is 5.75 Å². The van der Waals surface area contributed by atoms with Gasteiger partial charge in [-0.2, -0.15) is 9.71 Å². The van der Waals surface area contributed by atoms with E-state index >= 15 is 0 Å². The van der Waals surface area contributed by atoms with Crippen LogP contribution in [0.2, 0.25) is 10.0 Å². The van der Waals surface area contributed by atoms with Crippen LogP contribution in [-0.4, -0.2) is 45.9 Å². The molecule has 1 aliphatic rings. The molecule has 0 radical (unpaired) electrons. The monoisotopic (exact) mass is 464 g/mol. The summed E-state index contributed by atoms with van der Waals surface area (Å²) >= 11 is 11.0. The molecule has 1 unspecified atom stereocenters. The Kier molecular flexibility index (Phi) is 6.21. The lowest BCUT2D eigenvalue weighted by atomic mass is 10.1. The van der Waals surface area contributed by atoms with Gasteiger partial charge in [0.1, 0.15) is 22.9 Å². The molecular formula is C20H18Cl2N4O3S. The van der Waals surface area contributed by atoms with Gasteiger partial charge in [0.15, 0.2) is 5.82 Å². The number of ether oxygens (including phenoxy) is 1. The van der Waals surface area contributed by atoms with Crippen LogP contribution in [0.25, 0.3) is 11.3 Å². The van der Waals surface area contributed by atoms with Gasteiger partial charge >= 0.3 is 0 Å². The van der Waals surface area contributed by atoms with Crippen molar-refractivity contribution < 1.29 is 14.4 Å². The van der Waals surface area contributed by atoms with Crippen LogP contribution in [0.15, 0.2) is 53.6 Å². The number of nitrogens with zero attached hydrogens (tertiary/aromatic N) is 3. The van der Waals surface area contributed by atoms with Crippen molar-refractivity contribution in [1.82, 2.24) is 9.97 Å². The number of halogens is 2. The molecule has 0 bridgehead atoms. The molecule has 2 aromatic heterocycles. The number of hydrogen-bond donors (Lipinski definition) is 2. The zero-order valence-electron chi connectivity index (χ0n) is 15.9. The van der Waals surface area contributed by atoms with Crippen molar-refractivity contribution in [1.29, 1.82) is 0 Å². The van der Waals surface area contributed by atoms with E-state index in [1.807, 2.05) is 11.0 Å². The lowest BCUT2D eigenvalue weighted by Gasteiger charge is -2.36. The first-order valence-electron chi connectivity index (χ1n) is 9.03. The normalized spacial score (nSPS) is 14.9. The summed E-state index contributed by atoms with van der Waals surface area (Å²) in [5.74, 6) is 1.64. The van der Waals surface area contributed by atoms with Gasteiger partial charge in [-0.1, -0.05) is 29.3 Å². The zero-order valence-corrected chi connectivity index (χ0v) is 18.2. The van der Waals surface area contributed by atoms with Crippen molar-refractivity contribution in [2.75, 3.05) is 29.8 Å². The molecule has 1 aromatic carbocycles. The quantitative estimate of drug-likeness (QED) is 0.536. The first-order valence-corrected chi connectivity index (χ1v) is 10.9. The van der Waals surface area contributed by atoms with Gasteiger partial charge < -0.3 is 19.3 Å². The van der Waals surface area contributed by atoms with E-state index in [0.717, 1.165) is 0 Å². The standard InChI is InChI=1S/C20H18Cl2N4O3S/c1-29-13-5-6-15(21)14(9-13)20-16(22)7-8-17(23-20)25-30(28)19-4-2-3-18(24-19)26-10-12(27)11-26/h2-9,12,27H,10-11H2,1H3,(H,23,25). The van der Waals surface area contributed by atoms with Gasteiger partial charge in [-0.25, -0.2) is 4.98 Å². The second-order valence-electron chi connectivity index (χ2n) is 6.64. The smallest absolute Gasteiger partial charge is 0.273 e. The molecule has 2 N–H and O–H groups in total. The maximum absolute atomic E-state index is 12.8. The summed E-state index contributed by atoms with van der Waals surface area (Å²) in [5.41, 5.74) is 1.05. The van der Waals surface area contributed by atoms with E-state index in [0.29, 0.717) is 56.8 Å². The Hall–Kier alpha value is -2.23. The number of aliphatic hydroxyl groups excluding tert-OH is 1. The average Bonchev–Trinajstić information content (AvgIpc) is 2.73. The fourth-order valence-corrected chi connectivity index (χ4v) is 4.17. The molecule has 7 nitrogen and oxygen atoms in total. The predicted molar refractivity (Wildman–Crippen MR) is 119 cm³/mol. The molecule has 1 fully saturated rings. The highest BCUT2D eigenvalue weighted by atomic mass is 35.5. The minimum atomic E-state index is -1.64. The largest absolute Gasteiger partial charge is 0.587 e. The summed E-state index contributed by atoms with van der Waals surface area (Å²) in [7, 11) is 1.56. The predicted octanol–water partition coefficient (Wildman–Crippen LogP) is 3.77. The van der Waals surface area contributed by atoms with Gasteiger partial charge in [0.25, 0.3) is 5.03 Å². The molecule has 0 spiro atoms. The Balaban J connectivity index is 1.57. The minimum Gasteiger partial charge on any atom is -0.587 e. The van der Waals surface area contributed by atoms with Gasteiger partial charge in [0.2, 0.25) is 0 Å². The van der Waals surface area contributed by atoms with E-state index < -0.39 is 11.4 Å². The molecule has 1 saturated heterocycles. The number of pyridine rings is 2. The van der Waals surface area contributed by atoms with E-state index in [1.54, 1.807) is 49.6 Å². The number of aliphatic hydroxyl groups is 1. The van der Waals surface area contributed by atoms with Crippen molar-refractivity contribution in [3.63, 3.8) is 0 Å². The van der Waals surface area contributed by atoms with Gasteiger partial charge in [-0.05, 0) is 36.4 Å².